The van der Waals surface area contributed by atoms with E-state index >= 15 is 0 Å². The zero-order valence-electron chi connectivity index (χ0n) is 12.6. The molecule has 0 aromatic carbocycles. The Morgan fingerprint density at radius 3 is 2.83 bits per heavy atom. The number of aryl methyl sites for hydroxylation is 1. The summed E-state index contributed by atoms with van der Waals surface area (Å²) >= 11 is 0. The molecule has 0 saturated carbocycles. The molecule has 23 heavy (non-hydrogen) atoms. The maximum Gasteiger partial charge on any atom is 0.280 e. The van der Waals surface area contributed by atoms with Crippen LogP contribution < -0.4 is 5.32 Å². The summed E-state index contributed by atoms with van der Waals surface area (Å²) in [4.78, 5) is 4.34. The summed E-state index contributed by atoms with van der Waals surface area (Å²) < 4.78 is 37.7. The molecule has 4 rings (SSSR count). The van der Waals surface area contributed by atoms with E-state index in [-0.39, 0.29) is 30.8 Å². The van der Waals surface area contributed by atoms with Gasteiger partial charge in [0.2, 0.25) is 0 Å². The minimum atomic E-state index is -2.73. The SMILES string of the molecule is FC1(F)CCc2onc(-c3nc(CC4CCNCC4)no3)c2C1. The largest absolute Gasteiger partial charge is 0.360 e. The number of rotatable bonds is 3. The van der Waals surface area contributed by atoms with Crippen LogP contribution in [0.1, 0.15) is 36.4 Å². The van der Waals surface area contributed by atoms with Crippen LogP contribution in [0, 0.1) is 5.92 Å². The van der Waals surface area contributed by atoms with Crippen molar-refractivity contribution in [3.05, 3.63) is 17.1 Å². The molecule has 1 aliphatic carbocycles. The van der Waals surface area contributed by atoms with Crippen LogP contribution in [0.2, 0.25) is 0 Å². The molecule has 0 unspecified atom stereocenters. The van der Waals surface area contributed by atoms with Crippen molar-refractivity contribution in [2.45, 2.75) is 44.4 Å². The number of hydrogen-bond acceptors (Lipinski definition) is 6. The van der Waals surface area contributed by atoms with E-state index in [1.54, 1.807) is 0 Å². The Morgan fingerprint density at radius 2 is 2.00 bits per heavy atom. The summed E-state index contributed by atoms with van der Waals surface area (Å²) in [5.41, 5.74) is 0.668. The molecule has 2 aromatic heterocycles. The Labute approximate surface area is 131 Å². The van der Waals surface area contributed by atoms with Crippen molar-refractivity contribution >= 4 is 0 Å². The molecule has 2 aromatic rings. The van der Waals surface area contributed by atoms with Gasteiger partial charge >= 0.3 is 0 Å². The smallest absolute Gasteiger partial charge is 0.280 e. The molecule has 1 saturated heterocycles. The van der Waals surface area contributed by atoms with Crippen molar-refractivity contribution in [1.82, 2.24) is 20.6 Å². The normalized spacial score (nSPS) is 21.3. The Kier molecular flexibility index (Phi) is 3.63. The fourth-order valence-corrected chi connectivity index (χ4v) is 3.31. The van der Waals surface area contributed by atoms with Crippen LogP contribution in [0.25, 0.3) is 11.6 Å². The highest BCUT2D eigenvalue weighted by Crippen LogP contribution is 2.37. The monoisotopic (exact) mass is 324 g/mol. The predicted molar refractivity (Wildman–Crippen MR) is 76.1 cm³/mol. The molecule has 1 aliphatic heterocycles. The summed E-state index contributed by atoms with van der Waals surface area (Å²) in [6.45, 7) is 2.00. The molecule has 0 bridgehead atoms. The van der Waals surface area contributed by atoms with Crippen molar-refractivity contribution in [2.75, 3.05) is 13.1 Å². The van der Waals surface area contributed by atoms with Gasteiger partial charge in [-0.15, -0.1) is 0 Å². The summed E-state index contributed by atoms with van der Waals surface area (Å²) in [6.07, 6.45) is 2.49. The lowest BCUT2D eigenvalue weighted by Crippen LogP contribution is -2.28. The Morgan fingerprint density at radius 1 is 1.17 bits per heavy atom. The van der Waals surface area contributed by atoms with Gasteiger partial charge in [0.15, 0.2) is 11.5 Å². The van der Waals surface area contributed by atoms with E-state index in [0.717, 1.165) is 32.4 Å². The minimum Gasteiger partial charge on any atom is -0.360 e. The molecule has 0 radical (unpaired) electrons. The maximum absolute atomic E-state index is 13.6. The molecular formula is C15H18F2N4O2. The van der Waals surface area contributed by atoms with Gasteiger partial charge in [-0.1, -0.05) is 10.3 Å². The molecule has 2 aliphatic rings. The van der Waals surface area contributed by atoms with Crippen LogP contribution >= 0.6 is 0 Å². The van der Waals surface area contributed by atoms with Gasteiger partial charge in [-0.25, -0.2) is 8.78 Å². The van der Waals surface area contributed by atoms with Gasteiger partial charge in [0.05, 0.1) is 0 Å². The summed E-state index contributed by atoms with van der Waals surface area (Å²) in [7, 11) is 0. The van der Waals surface area contributed by atoms with Crippen molar-refractivity contribution < 1.29 is 17.8 Å². The second-order valence-corrected chi connectivity index (χ2v) is 6.38. The second-order valence-electron chi connectivity index (χ2n) is 6.38. The van der Waals surface area contributed by atoms with Crippen LogP contribution in [0.5, 0.6) is 0 Å². The standard InChI is InChI=1S/C15H18F2N4O2/c16-15(17)4-1-11-10(8-15)13(21-22-11)14-19-12(20-23-14)7-9-2-5-18-6-3-9/h9,18H,1-8H2. The van der Waals surface area contributed by atoms with E-state index in [1.165, 1.54) is 0 Å². The number of alkyl halides is 2. The molecule has 3 heterocycles. The van der Waals surface area contributed by atoms with Gasteiger partial charge in [-0.3, -0.25) is 0 Å². The van der Waals surface area contributed by atoms with E-state index < -0.39 is 5.92 Å². The van der Waals surface area contributed by atoms with Gasteiger partial charge in [0.1, 0.15) is 5.76 Å². The maximum atomic E-state index is 13.6. The molecule has 6 nitrogen and oxygen atoms in total. The van der Waals surface area contributed by atoms with Crippen LogP contribution in [0.15, 0.2) is 9.05 Å². The average Bonchev–Trinajstić information content (AvgIpc) is 3.13. The summed E-state index contributed by atoms with van der Waals surface area (Å²) in [5.74, 6) is -0.922. The van der Waals surface area contributed by atoms with Gasteiger partial charge in [0, 0.05) is 31.2 Å². The van der Waals surface area contributed by atoms with Crippen molar-refractivity contribution in [2.24, 2.45) is 5.92 Å². The lowest BCUT2D eigenvalue weighted by molar-refractivity contribution is -0.0145. The zero-order valence-corrected chi connectivity index (χ0v) is 12.6. The molecule has 124 valence electrons. The van der Waals surface area contributed by atoms with Gasteiger partial charge in [0.25, 0.3) is 11.8 Å². The van der Waals surface area contributed by atoms with E-state index in [0.29, 0.717) is 23.1 Å². The highest BCUT2D eigenvalue weighted by Gasteiger charge is 2.39. The topological polar surface area (TPSA) is 77.0 Å². The Balaban J connectivity index is 1.54. The average molecular weight is 324 g/mol. The molecule has 0 amide bonds. The van der Waals surface area contributed by atoms with E-state index in [4.69, 9.17) is 9.05 Å². The molecule has 1 N–H and O–H groups in total. The van der Waals surface area contributed by atoms with E-state index in [2.05, 4.69) is 20.6 Å². The van der Waals surface area contributed by atoms with Crippen molar-refractivity contribution in [3.63, 3.8) is 0 Å². The number of nitrogens with one attached hydrogen (secondary N) is 1. The molecular weight excluding hydrogens is 306 g/mol. The molecule has 1 fully saturated rings. The van der Waals surface area contributed by atoms with Gasteiger partial charge in [-0.05, 0) is 31.8 Å². The third-order valence-electron chi connectivity index (χ3n) is 4.62. The first-order chi connectivity index (χ1) is 11.1. The van der Waals surface area contributed by atoms with E-state index in [1.807, 2.05) is 0 Å². The van der Waals surface area contributed by atoms with E-state index in [9.17, 15) is 8.78 Å². The summed E-state index contributed by atoms with van der Waals surface area (Å²) in [5, 5.41) is 11.2. The number of nitrogens with zero attached hydrogens (tertiary/aromatic N) is 3. The molecule has 0 atom stereocenters. The first-order valence-corrected chi connectivity index (χ1v) is 8.00. The second kappa shape index (κ2) is 5.67. The third-order valence-corrected chi connectivity index (χ3v) is 4.62. The van der Waals surface area contributed by atoms with Gasteiger partial charge < -0.3 is 14.4 Å². The number of hydrogen-bond donors (Lipinski definition) is 1. The lowest BCUT2D eigenvalue weighted by atomic mass is 9.93. The number of halogens is 2. The highest BCUT2D eigenvalue weighted by atomic mass is 19.3. The van der Waals surface area contributed by atoms with Crippen LogP contribution in [0.4, 0.5) is 8.78 Å². The minimum absolute atomic E-state index is 0.177. The summed E-state index contributed by atoms with van der Waals surface area (Å²) in [6, 6.07) is 0. The van der Waals surface area contributed by atoms with Crippen LogP contribution in [-0.2, 0) is 19.3 Å². The Bertz CT molecular complexity index is 691. The first-order valence-electron chi connectivity index (χ1n) is 8.00. The zero-order chi connectivity index (χ0) is 15.9. The highest BCUT2D eigenvalue weighted by molar-refractivity contribution is 5.54. The fourth-order valence-electron chi connectivity index (χ4n) is 3.31. The first kappa shape index (κ1) is 14.7. The fraction of sp³-hybridized carbons (Fsp3) is 0.667. The van der Waals surface area contributed by atoms with Gasteiger partial charge in [-0.2, -0.15) is 4.98 Å². The van der Waals surface area contributed by atoms with Crippen LogP contribution in [-0.4, -0.2) is 34.3 Å². The number of piperidine rings is 1. The molecule has 0 spiro atoms. The Hall–Kier alpha value is -1.83. The predicted octanol–water partition coefficient (Wildman–Crippen LogP) is 2.39. The third kappa shape index (κ3) is 2.99. The lowest BCUT2D eigenvalue weighted by Gasteiger charge is -2.20. The van der Waals surface area contributed by atoms with Crippen molar-refractivity contribution in [3.8, 4) is 11.6 Å². The number of aromatic nitrogens is 3. The quantitative estimate of drug-likeness (QED) is 0.934. The molecule has 8 heteroatoms. The van der Waals surface area contributed by atoms with Crippen molar-refractivity contribution in [1.29, 1.82) is 0 Å². The van der Waals surface area contributed by atoms with Crippen LogP contribution in [0.3, 0.4) is 0 Å². The number of fused-ring (bicyclic) bond motifs is 1.